The van der Waals surface area contributed by atoms with E-state index in [4.69, 9.17) is 5.73 Å². The van der Waals surface area contributed by atoms with Gasteiger partial charge in [0, 0.05) is 24.2 Å². The van der Waals surface area contributed by atoms with E-state index >= 15 is 0 Å². The van der Waals surface area contributed by atoms with Crippen molar-refractivity contribution < 1.29 is 9.59 Å². The minimum Gasteiger partial charge on any atom is -0.366 e. The Bertz CT molecular complexity index is 595. The summed E-state index contributed by atoms with van der Waals surface area (Å²) in [7, 11) is 0. The molecule has 2 aromatic heterocycles. The van der Waals surface area contributed by atoms with Gasteiger partial charge in [-0.05, 0) is 6.92 Å². The normalized spacial score (nSPS) is 13.7. The quantitative estimate of drug-likeness (QED) is 0.887. The van der Waals surface area contributed by atoms with Gasteiger partial charge in [-0.15, -0.1) is 11.3 Å². The molecule has 0 saturated carbocycles. The molecular formula is C12H15N5O2S. The number of carbonyl (C=O) groups excluding carboxylic acids is 2. The van der Waals surface area contributed by atoms with Gasteiger partial charge in [-0.1, -0.05) is 6.92 Å². The summed E-state index contributed by atoms with van der Waals surface area (Å²) >= 11 is 1.34. The van der Waals surface area contributed by atoms with Gasteiger partial charge in [-0.2, -0.15) is 0 Å². The van der Waals surface area contributed by atoms with Crippen LogP contribution >= 0.6 is 11.3 Å². The van der Waals surface area contributed by atoms with E-state index in [2.05, 4.69) is 9.97 Å². The largest absolute Gasteiger partial charge is 0.366 e. The van der Waals surface area contributed by atoms with Crippen molar-refractivity contribution in [2.45, 2.75) is 25.9 Å². The van der Waals surface area contributed by atoms with E-state index in [0.717, 1.165) is 0 Å². The molecule has 0 aliphatic heterocycles. The Morgan fingerprint density at radius 3 is 2.75 bits per heavy atom. The molecule has 0 spiro atoms. The summed E-state index contributed by atoms with van der Waals surface area (Å²) in [6.07, 6.45) is 4.80. The highest BCUT2D eigenvalue weighted by Crippen LogP contribution is 2.29. The van der Waals surface area contributed by atoms with E-state index in [1.165, 1.54) is 33.3 Å². The van der Waals surface area contributed by atoms with Gasteiger partial charge in [-0.25, -0.2) is 9.97 Å². The average molecular weight is 293 g/mol. The smallest absolute Gasteiger partial charge is 0.264 e. The summed E-state index contributed by atoms with van der Waals surface area (Å²) in [5.41, 5.74) is 5.76. The van der Waals surface area contributed by atoms with Crippen LogP contribution in [0.2, 0.25) is 0 Å². The number of thiazole rings is 1. The molecule has 0 unspecified atom stereocenters. The van der Waals surface area contributed by atoms with Crippen LogP contribution in [0.3, 0.4) is 0 Å². The predicted octanol–water partition coefficient (Wildman–Crippen LogP) is 0.941. The maximum atomic E-state index is 12.3. The molecule has 0 aliphatic rings. The molecule has 0 radical (unpaired) electrons. The summed E-state index contributed by atoms with van der Waals surface area (Å²) in [5.74, 6) is -0.506. The van der Waals surface area contributed by atoms with Gasteiger partial charge in [-0.3, -0.25) is 14.5 Å². The topological polar surface area (TPSA) is 94.1 Å². The fourth-order valence-electron chi connectivity index (χ4n) is 1.94. The molecule has 7 nitrogen and oxygen atoms in total. The Hall–Kier alpha value is -2.22. The third kappa shape index (κ3) is 2.18. The lowest BCUT2D eigenvalue weighted by atomic mass is 10.1. The summed E-state index contributed by atoms with van der Waals surface area (Å²) in [4.78, 5) is 33.7. The fourth-order valence-corrected chi connectivity index (χ4v) is 2.46. The van der Waals surface area contributed by atoms with Gasteiger partial charge < -0.3 is 10.3 Å². The lowest BCUT2D eigenvalue weighted by Crippen LogP contribution is -2.59. The molecule has 2 aromatic rings. The number of primary amides is 1. The maximum absolute atomic E-state index is 12.3. The number of imidazole rings is 1. The minimum absolute atomic E-state index is 0.231. The van der Waals surface area contributed by atoms with E-state index in [9.17, 15) is 9.59 Å². The molecule has 20 heavy (non-hydrogen) atoms. The first-order chi connectivity index (χ1) is 9.51. The van der Waals surface area contributed by atoms with Crippen molar-refractivity contribution in [2.75, 3.05) is 4.90 Å². The number of aromatic nitrogens is 3. The second kappa shape index (κ2) is 5.41. The summed E-state index contributed by atoms with van der Waals surface area (Å²) < 4.78 is 1.50. The Labute approximate surface area is 120 Å². The van der Waals surface area contributed by atoms with E-state index < -0.39 is 11.6 Å². The van der Waals surface area contributed by atoms with Gasteiger partial charge in [0.05, 0.1) is 11.8 Å². The molecule has 2 amide bonds. The molecule has 0 fully saturated rings. The van der Waals surface area contributed by atoms with Crippen LogP contribution in [0.25, 0.3) is 0 Å². The molecule has 0 aliphatic carbocycles. The molecule has 0 aromatic carbocycles. The van der Waals surface area contributed by atoms with Crippen molar-refractivity contribution in [2.24, 2.45) is 5.73 Å². The highest BCUT2D eigenvalue weighted by Gasteiger charge is 2.43. The van der Waals surface area contributed by atoms with Crippen LogP contribution < -0.4 is 10.6 Å². The highest BCUT2D eigenvalue weighted by molar-refractivity contribution is 7.07. The lowest BCUT2D eigenvalue weighted by Gasteiger charge is -2.38. The monoisotopic (exact) mass is 293 g/mol. The van der Waals surface area contributed by atoms with Gasteiger partial charge in [0.2, 0.25) is 11.6 Å². The van der Waals surface area contributed by atoms with E-state index in [1.807, 2.05) is 0 Å². The van der Waals surface area contributed by atoms with Crippen LogP contribution in [-0.2, 0) is 15.3 Å². The number of anilines is 1. The first-order valence-corrected chi connectivity index (χ1v) is 6.95. The number of nitrogens with two attached hydrogens (primary N) is 1. The number of amides is 2. The average Bonchev–Trinajstić information content (AvgIpc) is 3.11. The van der Waals surface area contributed by atoms with Crippen LogP contribution in [0.15, 0.2) is 29.6 Å². The Balaban J connectivity index is 2.60. The molecular weight excluding hydrogens is 278 g/mol. The molecule has 2 N–H and O–H groups in total. The van der Waals surface area contributed by atoms with Crippen LogP contribution in [0.5, 0.6) is 0 Å². The maximum Gasteiger partial charge on any atom is 0.264 e. The molecule has 2 heterocycles. The van der Waals surface area contributed by atoms with Gasteiger partial charge in [0.1, 0.15) is 5.82 Å². The highest BCUT2D eigenvalue weighted by atomic mass is 32.1. The van der Waals surface area contributed by atoms with E-state index in [0.29, 0.717) is 5.82 Å². The first-order valence-electron chi connectivity index (χ1n) is 6.01. The molecule has 1 atom stereocenters. The van der Waals surface area contributed by atoms with Crippen molar-refractivity contribution in [1.82, 2.24) is 14.5 Å². The molecule has 2 rings (SSSR count). The third-order valence-corrected chi connectivity index (χ3v) is 3.68. The summed E-state index contributed by atoms with van der Waals surface area (Å²) in [5, 5.41) is 1.70. The van der Waals surface area contributed by atoms with Gasteiger partial charge in [0.15, 0.2) is 0 Å². The van der Waals surface area contributed by atoms with Crippen molar-refractivity contribution in [1.29, 1.82) is 0 Å². The Morgan fingerprint density at radius 1 is 1.55 bits per heavy atom. The number of nitrogens with zero attached hydrogens (tertiary/aromatic N) is 4. The van der Waals surface area contributed by atoms with E-state index in [1.54, 1.807) is 30.9 Å². The molecule has 0 bridgehead atoms. The molecule has 8 heteroatoms. The van der Waals surface area contributed by atoms with Crippen LogP contribution in [-0.4, -0.2) is 26.3 Å². The lowest BCUT2D eigenvalue weighted by molar-refractivity contribution is -0.131. The third-order valence-electron chi connectivity index (χ3n) is 3.11. The minimum atomic E-state index is -1.39. The van der Waals surface area contributed by atoms with Gasteiger partial charge in [0.25, 0.3) is 5.91 Å². The second-order valence-electron chi connectivity index (χ2n) is 4.28. The number of rotatable bonds is 5. The zero-order valence-electron chi connectivity index (χ0n) is 11.2. The van der Waals surface area contributed by atoms with Crippen LogP contribution in [0.4, 0.5) is 5.82 Å². The molecule has 106 valence electrons. The summed E-state index contributed by atoms with van der Waals surface area (Å²) in [6, 6.07) is 0. The molecule has 0 saturated heterocycles. The zero-order valence-corrected chi connectivity index (χ0v) is 12.0. The van der Waals surface area contributed by atoms with Crippen molar-refractivity contribution >= 4 is 29.0 Å². The van der Waals surface area contributed by atoms with Crippen molar-refractivity contribution in [3.8, 4) is 0 Å². The number of hydrogen-bond donors (Lipinski definition) is 1. The van der Waals surface area contributed by atoms with Gasteiger partial charge >= 0.3 is 0 Å². The number of hydrogen-bond acceptors (Lipinski definition) is 5. The van der Waals surface area contributed by atoms with Crippen LogP contribution in [0.1, 0.15) is 20.3 Å². The Morgan fingerprint density at radius 2 is 2.30 bits per heavy atom. The Kier molecular flexibility index (Phi) is 3.84. The second-order valence-corrected chi connectivity index (χ2v) is 5.00. The predicted molar refractivity (Wildman–Crippen MR) is 75.0 cm³/mol. The SMILES string of the molecule is CCC(=O)N(c1cscn1)[C@@](C)(C(N)=O)n1ccnc1. The van der Waals surface area contributed by atoms with Crippen LogP contribution in [0, 0.1) is 0 Å². The van der Waals surface area contributed by atoms with Crippen molar-refractivity contribution in [3.05, 3.63) is 29.6 Å². The first kappa shape index (κ1) is 14.2. The standard InChI is InChI=1S/C12H15N5O2S/c1-3-10(18)17(9-6-20-8-15-9)12(2,11(13)19)16-5-4-14-7-16/h4-8H,3H2,1-2H3,(H2,13,19)/t12-/m0/s1. The number of carbonyl (C=O) groups is 2. The van der Waals surface area contributed by atoms with Crippen molar-refractivity contribution in [3.63, 3.8) is 0 Å². The fraction of sp³-hybridized carbons (Fsp3) is 0.333. The van der Waals surface area contributed by atoms with E-state index in [-0.39, 0.29) is 12.3 Å². The zero-order chi connectivity index (χ0) is 14.8. The summed E-state index contributed by atoms with van der Waals surface area (Å²) in [6.45, 7) is 3.29.